The summed E-state index contributed by atoms with van der Waals surface area (Å²) in [5, 5.41) is 8.58. The summed E-state index contributed by atoms with van der Waals surface area (Å²) in [6.45, 7) is 0. The molecular weight excluding hydrogens is 320 g/mol. The normalized spacial score (nSPS) is 15.6. The lowest BCUT2D eigenvalue weighted by atomic mass is 9.79. The van der Waals surface area contributed by atoms with Gasteiger partial charge in [-0.25, -0.2) is 4.79 Å². The topological polar surface area (TPSA) is 103 Å². The molecule has 2 aromatic rings. The van der Waals surface area contributed by atoms with Crippen molar-refractivity contribution in [2.75, 3.05) is 0 Å². The van der Waals surface area contributed by atoms with Crippen molar-refractivity contribution in [2.24, 2.45) is 0 Å². The van der Waals surface area contributed by atoms with Crippen LogP contribution >= 0.6 is 0 Å². The minimum Gasteiger partial charge on any atom is -0.475 e. The molecule has 2 aromatic carbocycles. The molecule has 3 rings (SSSR count). The first-order chi connectivity index (χ1) is 11.6. The fourth-order valence-corrected chi connectivity index (χ4v) is 3.32. The highest BCUT2D eigenvalue weighted by Gasteiger charge is 2.22. The second-order valence-electron chi connectivity index (χ2n) is 6.09. The lowest BCUT2D eigenvalue weighted by Crippen LogP contribution is -2.17. The molecule has 0 bridgehead atoms. The van der Waals surface area contributed by atoms with E-state index >= 15 is 0 Å². The van der Waals surface area contributed by atoms with Crippen LogP contribution in [0.5, 0.6) is 0 Å². The molecule has 130 valence electrons. The van der Waals surface area contributed by atoms with Crippen molar-refractivity contribution < 1.29 is 25.0 Å². The zero-order valence-electron chi connectivity index (χ0n) is 13.7. The molecule has 25 heavy (non-hydrogen) atoms. The number of aryl methyl sites for hydroxylation is 1. The minimum atomic E-state index is -1.57. The maximum atomic E-state index is 12.0. The predicted octanol–water partition coefficient (Wildman–Crippen LogP) is 2.56. The van der Waals surface area contributed by atoms with Gasteiger partial charge in [-0.1, -0.05) is 48.5 Å². The van der Waals surface area contributed by atoms with Crippen LogP contribution in [0, 0.1) is 0 Å². The molecule has 0 heterocycles. The highest BCUT2D eigenvalue weighted by molar-refractivity contribution is 6.37. The average molecular weight is 340 g/mol. The Morgan fingerprint density at radius 3 is 2.36 bits per heavy atom. The Labute approximate surface area is 145 Å². The number of ketones is 2. The number of rotatable bonds is 5. The number of carboxylic acids is 1. The van der Waals surface area contributed by atoms with Crippen molar-refractivity contribution in [2.45, 2.75) is 31.6 Å². The average Bonchev–Trinajstić information content (AvgIpc) is 2.61. The summed E-state index contributed by atoms with van der Waals surface area (Å²) < 4.78 is 0. The van der Waals surface area contributed by atoms with Gasteiger partial charge in [0.1, 0.15) is 0 Å². The zero-order chi connectivity index (χ0) is 17.1. The van der Waals surface area contributed by atoms with Gasteiger partial charge >= 0.3 is 5.97 Å². The van der Waals surface area contributed by atoms with Gasteiger partial charge in [-0.3, -0.25) is 9.59 Å². The highest BCUT2D eigenvalue weighted by Crippen LogP contribution is 2.36. The van der Waals surface area contributed by atoms with Crippen LogP contribution < -0.4 is 0 Å². The summed E-state index contributed by atoms with van der Waals surface area (Å²) in [7, 11) is 0. The first kappa shape index (κ1) is 18.5. The fraction of sp³-hybridized carbons (Fsp3) is 0.250. The van der Waals surface area contributed by atoms with E-state index in [0.717, 1.165) is 24.8 Å². The second-order valence-corrected chi connectivity index (χ2v) is 6.09. The van der Waals surface area contributed by atoms with Gasteiger partial charge in [-0.2, -0.15) is 0 Å². The third kappa shape index (κ3) is 4.00. The number of benzene rings is 2. The third-order valence-electron chi connectivity index (χ3n) is 4.56. The van der Waals surface area contributed by atoms with Gasteiger partial charge < -0.3 is 10.6 Å². The number of carbonyl (C=O) groups is 3. The molecule has 0 fully saturated rings. The molecule has 1 aliphatic carbocycles. The summed E-state index contributed by atoms with van der Waals surface area (Å²) in [5.74, 6) is -2.79. The van der Waals surface area contributed by atoms with Gasteiger partial charge in [0, 0.05) is 11.5 Å². The summed E-state index contributed by atoms with van der Waals surface area (Å²) in [4.78, 5) is 33.7. The van der Waals surface area contributed by atoms with Crippen molar-refractivity contribution >= 4 is 17.5 Å². The number of Topliss-reactive ketones (excluding diaryl/α,β-unsaturated/α-hetero) is 2. The molecule has 5 heteroatoms. The van der Waals surface area contributed by atoms with Crippen molar-refractivity contribution in [3.8, 4) is 0 Å². The van der Waals surface area contributed by atoms with Gasteiger partial charge in [-0.15, -0.1) is 0 Å². The largest absolute Gasteiger partial charge is 0.475 e. The Bertz CT molecular complexity index is 792. The summed E-state index contributed by atoms with van der Waals surface area (Å²) in [6, 6.07) is 15.6. The maximum Gasteiger partial charge on any atom is 0.372 e. The molecule has 0 aliphatic heterocycles. The Balaban J connectivity index is 0.00000225. The van der Waals surface area contributed by atoms with E-state index in [1.807, 2.05) is 18.2 Å². The van der Waals surface area contributed by atoms with Crippen LogP contribution in [-0.2, 0) is 16.0 Å². The van der Waals surface area contributed by atoms with Crippen molar-refractivity contribution in [1.82, 2.24) is 0 Å². The quantitative estimate of drug-likeness (QED) is 0.513. The van der Waals surface area contributed by atoms with Gasteiger partial charge in [0.2, 0.25) is 5.78 Å². The standard InChI is InChI=1S/C20H18O4.H2O/c21-18(12-19(22)20(23)24)15-10-8-14(9-11-15)17-7-3-5-13-4-1-2-6-16(13)17;/h1-2,4,6,8-11,17H,3,5,7,12H2,(H,23,24);1H2. The number of carbonyl (C=O) groups excluding carboxylic acids is 2. The van der Waals surface area contributed by atoms with Gasteiger partial charge in [0.15, 0.2) is 5.78 Å². The van der Waals surface area contributed by atoms with Crippen LogP contribution in [0.3, 0.4) is 0 Å². The molecule has 0 radical (unpaired) electrons. The number of carboxylic acid groups (broad SMARTS) is 1. The number of hydrogen-bond donors (Lipinski definition) is 1. The monoisotopic (exact) mass is 340 g/mol. The number of fused-ring (bicyclic) bond motifs is 1. The van der Waals surface area contributed by atoms with Crippen LogP contribution in [0.2, 0.25) is 0 Å². The fourth-order valence-electron chi connectivity index (χ4n) is 3.32. The Morgan fingerprint density at radius 1 is 1.00 bits per heavy atom. The maximum absolute atomic E-state index is 12.0. The summed E-state index contributed by atoms with van der Waals surface area (Å²) >= 11 is 0. The van der Waals surface area contributed by atoms with E-state index in [9.17, 15) is 14.4 Å². The Morgan fingerprint density at radius 2 is 1.68 bits per heavy atom. The van der Waals surface area contributed by atoms with Gasteiger partial charge in [0.25, 0.3) is 0 Å². The van der Waals surface area contributed by atoms with Crippen LogP contribution in [0.25, 0.3) is 0 Å². The van der Waals surface area contributed by atoms with Crippen molar-refractivity contribution in [1.29, 1.82) is 0 Å². The molecule has 0 saturated heterocycles. The molecular formula is C20H20O5. The lowest BCUT2D eigenvalue weighted by molar-refractivity contribution is -0.148. The molecule has 1 unspecified atom stereocenters. The second kappa shape index (κ2) is 7.85. The van der Waals surface area contributed by atoms with E-state index < -0.39 is 24.0 Å². The molecule has 1 aliphatic rings. The Hall–Kier alpha value is -2.79. The van der Waals surface area contributed by atoms with E-state index in [0.29, 0.717) is 11.5 Å². The molecule has 0 spiro atoms. The smallest absolute Gasteiger partial charge is 0.372 e. The predicted molar refractivity (Wildman–Crippen MR) is 92.9 cm³/mol. The molecule has 0 saturated carbocycles. The van der Waals surface area contributed by atoms with Crippen LogP contribution in [0.4, 0.5) is 0 Å². The van der Waals surface area contributed by atoms with E-state index in [4.69, 9.17) is 5.11 Å². The molecule has 3 N–H and O–H groups in total. The van der Waals surface area contributed by atoms with Gasteiger partial charge in [0.05, 0.1) is 6.42 Å². The van der Waals surface area contributed by atoms with E-state index in [2.05, 4.69) is 18.2 Å². The van der Waals surface area contributed by atoms with Crippen molar-refractivity contribution in [3.63, 3.8) is 0 Å². The van der Waals surface area contributed by atoms with E-state index in [1.54, 1.807) is 12.1 Å². The SMILES string of the molecule is O.O=C(O)C(=O)CC(=O)c1ccc(C2CCCc3ccccc32)cc1. The summed E-state index contributed by atoms with van der Waals surface area (Å²) in [6.07, 6.45) is 2.71. The zero-order valence-corrected chi connectivity index (χ0v) is 13.7. The number of aliphatic carboxylic acids is 1. The van der Waals surface area contributed by atoms with E-state index in [-0.39, 0.29) is 5.48 Å². The van der Waals surface area contributed by atoms with Crippen LogP contribution in [0.15, 0.2) is 48.5 Å². The van der Waals surface area contributed by atoms with Gasteiger partial charge in [-0.05, 0) is 36.0 Å². The molecule has 0 aromatic heterocycles. The first-order valence-electron chi connectivity index (χ1n) is 8.03. The highest BCUT2D eigenvalue weighted by atomic mass is 16.4. The van der Waals surface area contributed by atoms with Crippen LogP contribution in [0.1, 0.15) is 52.2 Å². The van der Waals surface area contributed by atoms with Crippen molar-refractivity contribution in [3.05, 3.63) is 70.8 Å². The summed E-state index contributed by atoms with van der Waals surface area (Å²) in [5.41, 5.74) is 4.23. The lowest BCUT2D eigenvalue weighted by Gasteiger charge is -2.26. The molecule has 0 amide bonds. The Kier molecular flexibility index (Phi) is 5.83. The first-order valence-corrected chi connectivity index (χ1v) is 8.03. The molecule has 1 atom stereocenters. The van der Waals surface area contributed by atoms with E-state index in [1.165, 1.54) is 11.1 Å². The minimum absolute atomic E-state index is 0. The van der Waals surface area contributed by atoms with Crippen LogP contribution in [-0.4, -0.2) is 28.1 Å². The number of hydrogen-bond acceptors (Lipinski definition) is 3. The third-order valence-corrected chi connectivity index (χ3v) is 4.56. The molecule has 5 nitrogen and oxygen atoms in total.